The van der Waals surface area contributed by atoms with E-state index in [2.05, 4.69) is 15.0 Å². The molecule has 2 heterocycles. The first-order valence-corrected chi connectivity index (χ1v) is 7.38. The minimum Gasteiger partial charge on any atom is -0.464 e. The first kappa shape index (κ1) is 14.6. The quantitative estimate of drug-likeness (QED) is 0.814. The van der Waals surface area contributed by atoms with Crippen molar-refractivity contribution < 1.29 is 19.1 Å². The minimum atomic E-state index is -0.537. The second-order valence-electron chi connectivity index (χ2n) is 5.90. The molecule has 1 saturated carbocycles. The summed E-state index contributed by atoms with van der Waals surface area (Å²) in [5.41, 5.74) is 1.36. The van der Waals surface area contributed by atoms with E-state index < -0.39 is 5.97 Å². The van der Waals surface area contributed by atoms with Gasteiger partial charge in [-0.25, -0.2) is 4.79 Å². The number of hydrogen-bond acceptors (Lipinski definition) is 4. The Morgan fingerprint density at radius 1 is 1.41 bits per heavy atom. The van der Waals surface area contributed by atoms with E-state index in [9.17, 15) is 14.4 Å². The van der Waals surface area contributed by atoms with Crippen molar-refractivity contribution in [2.24, 2.45) is 5.92 Å². The molecule has 2 amide bonds. The van der Waals surface area contributed by atoms with Crippen molar-refractivity contribution in [2.75, 3.05) is 19.0 Å². The second-order valence-corrected chi connectivity index (χ2v) is 5.90. The maximum absolute atomic E-state index is 12.4. The normalized spacial score (nSPS) is 21.1. The van der Waals surface area contributed by atoms with Crippen molar-refractivity contribution in [3.8, 4) is 0 Å². The predicted molar refractivity (Wildman–Crippen MR) is 78.3 cm³/mol. The van der Waals surface area contributed by atoms with Gasteiger partial charge in [-0.15, -0.1) is 0 Å². The standard InChI is InChI=1S/C15H19N3O4/c1-8-5-11(13(16-8)15(21)22-2)17-14(20)9-6-12(19)18(7-9)10-3-4-10/h5,9-10,16H,3-4,6-7H2,1-2H3,(H,17,20)/t9-/m0/s1. The number of ether oxygens (including phenoxy) is 1. The second kappa shape index (κ2) is 5.47. The molecule has 7 heteroatoms. The number of carbonyl (C=O) groups excluding carboxylic acids is 3. The lowest BCUT2D eigenvalue weighted by molar-refractivity contribution is -0.128. The zero-order valence-corrected chi connectivity index (χ0v) is 12.6. The Morgan fingerprint density at radius 2 is 2.14 bits per heavy atom. The van der Waals surface area contributed by atoms with Crippen LogP contribution in [0.25, 0.3) is 0 Å². The summed E-state index contributed by atoms with van der Waals surface area (Å²) in [5, 5.41) is 2.74. The third-order valence-electron chi connectivity index (χ3n) is 4.12. The number of nitrogens with zero attached hydrogens (tertiary/aromatic N) is 1. The monoisotopic (exact) mass is 305 g/mol. The molecule has 2 aliphatic rings. The summed E-state index contributed by atoms with van der Waals surface area (Å²) in [5.74, 6) is -1.10. The molecule has 1 aliphatic heterocycles. The first-order chi connectivity index (χ1) is 10.5. The van der Waals surface area contributed by atoms with Gasteiger partial charge in [-0.3, -0.25) is 9.59 Å². The fourth-order valence-electron chi connectivity index (χ4n) is 2.83. The Hall–Kier alpha value is -2.31. The Labute approximate surface area is 128 Å². The fraction of sp³-hybridized carbons (Fsp3) is 0.533. The van der Waals surface area contributed by atoms with Crippen molar-refractivity contribution in [1.82, 2.24) is 9.88 Å². The SMILES string of the molecule is COC(=O)c1[nH]c(C)cc1NC(=O)[C@H]1CC(=O)N(C2CC2)C1. The van der Waals surface area contributed by atoms with Crippen LogP contribution in [0.3, 0.4) is 0 Å². The van der Waals surface area contributed by atoms with Gasteiger partial charge in [0.25, 0.3) is 0 Å². The maximum atomic E-state index is 12.4. The van der Waals surface area contributed by atoms with Gasteiger partial charge in [0.15, 0.2) is 0 Å². The van der Waals surface area contributed by atoms with Gasteiger partial charge < -0.3 is 19.9 Å². The van der Waals surface area contributed by atoms with Crippen LogP contribution in [0.5, 0.6) is 0 Å². The average molecular weight is 305 g/mol. The van der Waals surface area contributed by atoms with Gasteiger partial charge >= 0.3 is 5.97 Å². The van der Waals surface area contributed by atoms with Gasteiger partial charge in [0.1, 0.15) is 5.69 Å². The van der Waals surface area contributed by atoms with Crippen molar-refractivity contribution in [3.05, 3.63) is 17.5 Å². The van der Waals surface area contributed by atoms with E-state index in [0.717, 1.165) is 18.5 Å². The first-order valence-electron chi connectivity index (χ1n) is 7.38. The molecule has 22 heavy (non-hydrogen) atoms. The molecule has 7 nitrogen and oxygen atoms in total. The summed E-state index contributed by atoms with van der Waals surface area (Å²) in [6, 6.07) is 2.00. The lowest BCUT2D eigenvalue weighted by Gasteiger charge is -2.15. The highest BCUT2D eigenvalue weighted by Crippen LogP contribution is 2.33. The lowest BCUT2D eigenvalue weighted by atomic mass is 10.1. The van der Waals surface area contributed by atoms with Crippen LogP contribution in [0.15, 0.2) is 6.07 Å². The zero-order valence-electron chi connectivity index (χ0n) is 12.6. The topological polar surface area (TPSA) is 91.5 Å². The van der Waals surface area contributed by atoms with Gasteiger partial charge in [-0.2, -0.15) is 0 Å². The molecule has 1 aromatic heterocycles. The van der Waals surface area contributed by atoms with Crippen LogP contribution < -0.4 is 5.32 Å². The summed E-state index contributed by atoms with van der Waals surface area (Å²) in [6.07, 6.45) is 2.30. The van der Waals surface area contributed by atoms with Crippen LogP contribution in [-0.4, -0.2) is 47.4 Å². The Kier molecular flexibility index (Phi) is 3.64. The summed E-state index contributed by atoms with van der Waals surface area (Å²) in [6.45, 7) is 2.25. The van der Waals surface area contributed by atoms with Gasteiger partial charge in [0, 0.05) is 24.7 Å². The molecule has 0 radical (unpaired) electrons. The number of anilines is 1. The van der Waals surface area contributed by atoms with Crippen LogP contribution in [0, 0.1) is 12.8 Å². The number of aromatic nitrogens is 1. The maximum Gasteiger partial charge on any atom is 0.356 e. The van der Waals surface area contributed by atoms with Crippen molar-refractivity contribution in [3.63, 3.8) is 0 Å². The summed E-state index contributed by atoms with van der Waals surface area (Å²) in [4.78, 5) is 40.6. The number of nitrogens with one attached hydrogen (secondary N) is 2. The number of esters is 1. The van der Waals surface area contributed by atoms with E-state index in [1.807, 2.05) is 0 Å². The van der Waals surface area contributed by atoms with Crippen LogP contribution in [0.1, 0.15) is 35.4 Å². The highest BCUT2D eigenvalue weighted by Gasteiger charge is 2.41. The Bertz CT molecular complexity index is 633. The number of aromatic amines is 1. The Morgan fingerprint density at radius 3 is 2.77 bits per heavy atom. The van der Waals surface area contributed by atoms with E-state index in [1.165, 1.54) is 7.11 Å². The van der Waals surface area contributed by atoms with Crippen LogP contribution in [0.2, 0.25) is 0 Å². The number of hydrogen-bond donors (Lipinski definition) is 2. The summed E-state index contributed by atoms with van der Waals surface area (Å²) in [7, 11) is 1.28. The smallest absolute Gasteiger partial charge is 0.356 e. The molecular formula is C15H19N3O4. The largest absolute Gasteiger partial charge is 0.464 e. The number of carbonyl (C=O) groups is 3. The molecule has 1 aromatic rings. The van der Waals surface area contributed by atoms with Gasteiger partial charge in [0.05, 0.1) is 18.7 Å². The molecule has 1 atom stereocenters. The highest BCUT2D eigenvalue weighted by atomic mass is 16.5. The minimum absolute atomic E-state index is 0.0427. The molecule has 2 fully saturated rings. The summed E-state index contributed by atoms with van der Waals surface area (Å²) >= 11 is 0. The predicted octanol–water partition coefficient (Wildman–Crippen LogP) is 1.06. The van der Waals surface area contributed by atoms with E-state index in [1.54, 1.807) is 17.9 Å². The third kappa shape index (κ3) is 2.70. The number of H-pyrrole nitrogens is 1. The number of methoxy groups -OCH3 is 1. The van der Waals surface area contributed by atoms with Crippen LogP contribution in [0.4, 0.5) is 5.69 Å². The molecule has 0 aromatic carbocycles. The van der Waals surface area contributed by atoms with Crippen LogP contribution >= 0.6 is 0 Å². The highest BCUT2D eigenvalue weighted by molar-refractivity contribution is 6.02. The molecule has 0 bridgehead atoms. The van der Waals surface area contributed by atoms with Crippen molar-refractivity contribution >= 4 is 23.5 Å². The Balaban J connectivity index is 1.69. The van der Waals surface area contributed by atoms with Crippen LogP contribution in [-0.2, 0) is 14.3 Å². The molecule has 2 N–H and O–H groups in total. The molecule has 118 valence electrons. The van der Waals surface area contributed by atoms with Crippen molar-refractivity contribution in [1.29, 1.82) is 0 Å². The molecule has 0 unspecified atom stereocenters. The third-order valence-corrected chi connectivity index (χ3v) is 4.12. The molecule has 3 rings (SSSR count). The van der Waals surface area contributed by atoms with Gasteiger partial charge in [-0.05, 0) is 25.8 Å². The number of aryl methyl sites for hydroxylation is 1. The molecular weight excluding hydrogens is 286 g/mol. The zero-order chi connectivity index (χ0) is 15.9. The van der Waals surface area contributed by atoms with Crippen molar-refractivity contribution in [2.45, 2.75) is 32.2 Å². The number of likely N-dealkylation sites (tertiary alicyclic amines) is 1. The van der Waals surface area contributed by atoms with Gasteiger partial charge in [-0.1, -0.05) is 0 Å². The molecule has 0 spiro atoms. The number of rotatable bonds is 4. The molecule has 1 saturated heterocycles. The lowest BCUT2D eigenvalue weighted by Crippen LogP contribution is -2.30. The van der Waals surface area contributed by atoms with E-state index in [-0.39, 0.29) is 29.8 Å². The summed E-state index contributed by atoms with van der Waals surface area (Å²) < 4.78 is 4.69. The number of amides is 2. The molecule has 1 aliphatic carbocycles. The average Bonchev–Trinajstić information content (AvgIpc) is 3.16. The fourth-order valence-corrected chi connectivity index (χ4v) is 2.83. The van der Waals surface area contributed by atoms with E-state index in [4.69, 9.17) is 0 Å². The van der Waals surface area contributed by atoms with E-state index in [0.29, 0.717) is 18.3 Å². The van der Waals surface area contributed by atoms with Gasteiger partial charge in [0.2, 0.25) is 11.8 Å². The van der Waals surface area contributed by atoms with E-state index >= 15 is 0 Å².